The molecule has 89 heavy (non-hydrogen) atoms. The van der Waals surface area contributed by atoms with E-state index in [1.54, 1.807) is 0 Å². The summed E-state index contributed by atoms with van der Waals surface area (Å²) in [6.45, 7) is 9.52. The first-order valence-electron chi connectivity index (χ1n) is 31.1. The van der Waals surface area contributed by atoms with Crippen LogP contribution in [0.2, 0.25) is 0 Å². The van der Waals surface area contributed by atoms with Gasteiger partial charge < -0.3 is 23.5 Å². The molecule has 13 aromatic carbocycles. The van der Waals surface area contributed by atoms with Crippen molar-refractivity contribution in [3.63, 3.8) is 0 Å². The highest BCUT2D eigenvalue weighted by atomic mass is 15.2. The fourth-order valence-electron chi connectivity index (χ4n) is 15.6. The van der Waals surface area contributed by atoms with Crippen molar-refractivity contribution < 1.29 is 0 Å². The van der Waals surface area contributed by atoms with Gasteiger partial charge in [0.25, 0.3) is 0 Å². The van der Waals surface area contributed by atoms with Crippen molar-refractivity contribution in [2.75, 3.05) is 9.80 Å². The monoisotopic (exact) mass is 1140 g/mol. The molecule has 0 amide bonds. The van der Waals surface area contributed by atoms with Crippen molar-refractivity contribution in [3.05, 3.63) is 320 Å². The van der Waals surface area contributed by atoms with E-state index in [-0.39, 0.29) is 10.8 Å². The normalized spacial score (nSPS) is 13.6. The third kappa shape index (κ3) is 7.55. The lowest BCUT2D eigenvalue weighted by atomic mass is 9.82. The molecule has 0 unspecified atom stereocenters. The van der Waals surface area contributed by atoms with Crippen LogP contribution in [-0.2, 0) is 10.8 Å². The van der Waals surface area contributed by atoms with Gasteiger partial charge in [0.2, 0.25) is 0 Å². The number of benzene rings is 13. The second kappa shape index (κ2) is 19.2. The fourth-order valence-corrected chi connectivity index (χ4v) is 15.6. The number of fused-ring (bicyclic) bond motifs is 15. The maximum atomic E-state index is 2.50. The minimum atomic E-state index is -0.196. The minimum absolute atomic E-state index is 0.196. The van der Waals surface area contributed by atoms with E-state index in [9.17, 15) is 0 Å². The predicted octanol–water partition coefficient (Wildman–Crippen LogP) is 22.5. The van der Waals surface area contributed by atoms with Crippen LogP contribution in [-0.4, -0.2) is 13.7 Å². The summed E-state index contributed by atoms with van der Waals surface area (Å²) in [6, 6.07) is 111. The molecule has 2 aliphatic rings. The Kier molecular flexibility index (Phi) is 11.0. The molecule has 0 aliphatic heterocycles. The molecule has 0 saturated heterocycles. The second-order valence-electron chi connectivity index (χ2n) is 25.3. The molecule has 2 aliphatic carbocycles. The molecule has 0 saturated carbocycles. The van der Waals surface area contributed by atoms with Gasteiger partial charge in [0.15, 0.2) is 0 Å². The topological polar surface area (TPSA) is 21.3 Å². The van der Waals surface area contributed by atoms with Crippen molar-refractivity contribution in [1.82, 2.24) is 13.7 Å². The first kappa shape index (κ1) is 51.1. The quantitative estimate of drug-likeness (QED) is 0.144. The summed E-state index contributed by atoms with van der Waals surface area (Å²) in [6.07, 6.45) is 0. The summed E-state index contributed by atoms with van der Waals surface area (Å²) in [5.41, 5.74) is 27.1. The van der Waals surface area contributed by atoms with E-state index < -0.39 is 0 Å². The van der Waals surface area contributed by atoms with Gasteiger partial charge in [-0.15, -0.1) is 0 Å². The number of hydrogen-bond acceptors (Lipinski definition) is 2. The average Bonchev–Trinajstić information content (AvgIpc) is 2.03. The van der Waals surface area contributed by atoms with Crippen LogP contribution in [0.25, 0.3) is 105 Å². The lowest BCUT2D eigenvalue weighted by molar-refractivity contribution is 0.660. The van der Waals surface area contributed by atoms with Crippen molar-refractivity contribution in [2.45, 2.75) is 38.5 Å². The highest BCUT2D eigenvalue weighted by Crippen LogP contribution is 2.54. The zero-order valence-electron chi connectivity index (χ0n) is 50.0. The Bertz CT molecular complexity index is 5240. The molecule has 422 valence electrons. The number of rotatable bonds is 9. The van der Waals surface area contributed by atoms with E-state index in [0.29, 0.717) is 0 Å². The van der Waals surface area contributed by atoms with E-state index in [0.717, 1.165) is 73.0 Å². The molecule has 0 spiro atoms. The Morgan fingerprint density at radius 2 is 0.472 bits per heavy atom. The maximum absolute atomic E-state index is 2.50. The highest BCUT2D eigenvalue weighted by Gasteiger charge is 2.38. The Balaban J connectivity index is 0.877. The van der Waals surface area contributed by atoms with Crippen molar-refractivity contribution in [3.8, 4) is 39.3 Å². The van der Waals surface area contributed by atoms with Crippen molar-refractivity contribution in [1.29, 1.82) is 0 Å². The van der Waals surface area contributed by atoms with E-state index in [1.165, 1.54) is 88.1 Å². The Labute approximate surface area is 517 Å². The van der Waals surface area contributed by atoms with Crippen LogP contribution in [0, 0.1) is 0 Å². The van der Waals surface area contributed by atoms with Gasteiger partial charge in [0.1, 0.15) is 0 Å². The third-order valence-electron chi connectivity index (χ3n) is 19.8. The summed E-state index contributed by atoms with van der Waals surface area (Å²) in [5.74, 6) is 0. The van der Waals surface area contributed by atoms with Crippen molar-refractivity contribution in [2.24, 2.45) is 0 Å². The summed E-state index contributed by atoms with van der Waals surface area (Å²) >= 11 is 0. The summed E-state index contributed by atoms with van der Waals surface area (Å²) in [5, 5.41) is 7.17. The number of aromatic nitrogens is 3. The number of para-hydroxylation sites is 5. The number of anilines is 6. The van der Waals surface area contributed by atoms with Crippen LogP contribution in [0.1, 0.15) is 49.9 Å². The summed E-state index contributed by atoms with van der Waals surface area (Å²) in [7, 11) is 0. The van der Waals surface area contributed by atoms with E-state index >= 15 is 0 Å². The number of nitrogens with zero attached hydrogens (tertiary/aromatic N) is 5. The van der Waals surface area contributed by atoms with Crippen LogP contribution in [0.5, 0.6) is 0 Å². The molecule has 0 atom stereocenters. The minimum Gasteiger partial charge on any atom is -0.310 e. The molecule has 5 nitrogen and oxygen atoms in total. The lowest BCUT2D eigenvalue weighted by Gasteiger charge is -2.29. The Hall–Kier alpha value is -11.1. The largest absolute Gasteiger partial charge is 0.310 e. The maximum Gasteiger partial charge on any atom is 0.0542 e. The van der Waals surface area contributed by atoms with E-state index in [2.05, 4.69) is 348 Å². The predicted molar refractivity (Wildman–Crippen MR) is 374 cm³/mol. The van der Waals surface area contributed by atoms with Gasteiger partial charge >= 0.3 is 0 Å². The zero-order chi connectivity index (χ0) is 59.3. The summed E-state index contributed by atoms with van der Waals surface area (Å²) < 4.78 is 7.26. The van der Waals surface area contributed by atoms with Gasteiger partial charge in [0.05, 0.1) is 33.1 Å². The molecule has 3 heterocycles. The summed E-state index contributed by atoms with van der Waals surface area (Å²) in [4.78, 5) is 5.00. The van der Waals surface area contributed by atoms with Gasteiger partial charge in [-0.3, -0.25) is 0 Å². The van der Waals surface area contributed by atoms with Crippen LogP contribution in [0.15, 0.2) is 297 Å². The lowest BCUT2D eigenvalue weighted by Crippen LogP contribution is -2.16. The Morgan fingerprint density at radius 3 is 0.831 bits per heavy atom. The molecule has 0 bridgehead atoms. The highest BCUT2D eigenvalue weighted by molar-refractivity contribution is 6.15. The first-order chi connectivity index (χ1) is 43.7. The first-order valence-corrected chi connectivity index (χ1v) is 31.1. The van der Waals surface area contributed by atoms with E-state index in [4.69, 9.17) is 0 Å². The SMILES string of the molecule is CC1(C)c2ccccc2-c2ccc(N(c3ccc4c(c3)c3ccccc3n4-c3ccccc3)c3ccc4c(c3)c3cc(N(c5ccc6c(c5)C(C)(C)c5ccccc5-6)c5ccc6c(c5)c5ccccc5n6-c5ccccc5)ccc3n4-c3ccccc3)cc21. The standard InChI is InChI=1S/C84H61N5/c1-83(2)73-32-18-14-28-63(73)65-42-36-61(52-75(65)83)85(57-38-44-79-69(48-57)67-30-16-20-34-77(67)87(79)54-22-8-5-9-23-54)59-40-46-81-71(50-59)72-51-60(41-47-82(72)89(81)56-26-12-7-13-27-56)86(62-37-43-66-64-29-15-19-33-74(64)84(3,4)76(66)53-62)58-39-45-80-70(49-58)68-31-17-21-35-78(68)88(80)55-24-10-6-11-25-55/h5-53H,1-4H3. The van der Waals surface area contributed by atoms with E-state index in [1.807, 2.05) is 0 Å². The third-order valence-corrected chi connectivity index (χ3v) is 19.8. The van der Waals surface area contributed by atoms with Gasteiger partial charge in [-0.25, -0.2) is 0 Å². The Morgan fingerprint density at radius 1 is 0.213 bits per heavy atom. The smallest absolute Gasteiger partial charge is 0.0542 e. The molecule has 16 aromatic rings. The van der Waals surface area contributed by atoms with Crippen LogP contribution < -0.4 is 9.80 Å². The van der Waals surface area contributed by atoms with Crippen LogP contribution in [0.4, 0.5) is 34.1 Å². The molecule has 3 aromatic heterocycles. The van der Waals surface area contributed by atoms with Gasteiger partial charge in [-0.1, -0.05) is 179 Å². The van der Waals surface area contributed by atoms with Crippen LogP contribution >= 0.6 is 0 Å². The molecule has 0 radical (unpaired) electrons. The molecule has 0 fully saturated rings. The van der Waals surface area contributed by atoms with Crippen molar-refractivity contribution >= 4 is 99.5 Å². The second-order valence-corrected chi connectivity index (χ2v) is 25.3. The number of hydrogen-bond donors (Lipinski definition) is 0. The van der Waals surface area contributed by atoms with Gasteiger partial charge in [0, 0.05) is 94.3 Å². The fraction of sp³-hybridized carbons (Fsp3) is 0.0714. The molecule has 18 rings (SSSR count). The molecular formula is C84H61N5. The van der Waals surface area contributed by atoms with Crippen LogP contribution in [0.3, 0.4) is 0 Å². The molecule has 0 N–H and O–H groups in total. The van der Waals surface area contributed by atoms with Gasteiger partial charge in [-0.2, -0.15) is 0 Å². The average molecular weight is 1140 g/mol. The zero-order valence-corrected chi connectivity index (χ0v) is 50.0. The molecular weight excluding hydrogens is 1080 g/mol. The van der Waals surface area contributed by atoms with Gasteiger partial charge in [-0.05, 0) is 190 Å². The molecule has 5 heteroatoms.